The maximum Gasteiger partial charge on any atom is 0.273 e. The van der Waals surface area contributed by atoms with Crippen LogP contribution in [0.4, 0.5) is 8.78 Å². The Morgan fingerprint density at radius 1 is 1.38 bits per heavy atom. The van der Waals surface area contributed by atoms with Crippen LogP contribution in [0.5, 0.6) is 0 Å². The lowest BCUT2D eigenvalue weighted by molar-refractivity contribution is -0.0318. The second kappa shape index (κ2) is 4.87. The zero-order chi connectivity index (χ0) is 11.4. The van der Waals surface area contributed by atoms with Crippen LogP contribution in [0.15, 0.2) is 24.5 Å². The Bertz CT molecular complexity index is 321. The first-order valence-electron chi connectivity index (χ1n) is 5.67. The molecule has 1 atom stereocenters. The van der Waals surface area contributed by atoms with E-state index in [2.05, 4.69) is 10.3 Å². The van der Waals surface area contributed by atoms with E-state index in [1.54, 1.807) is 0 Å². The van der Waals surface area contributed by atoms with Gasteiger partial charge in [0, 0.05) is 24.4 Å². The molecule has 2 nitrogen and oxygen atoms in total. The lowest BCUT2D eigenvalue weighted by Gasteiger charge is -2.27. The molecule has 1 aliphatic heterocycles. The highest BCUT2D eigenvalue weighted by atomic mass is 19.3. The van der Waals surface area contributed by atoms with E-state index >= 15 is 0 Å². The van der Waals surface area contributed by atoms with Crippen LogP contribution in [0.25, 0.3) is 0 Å². The summed E-state index contributed by atoms with van der Waals surface area (Å²) in [5.74, 6) is -2.65. The highest BCUT2D eigenvalue weighted by Gasteiger charge is 2.34. The van der Waals surface area contributed by atoms with E-state index < -0.39 is 5.92 Å². The fourth-order valence-electron chi connectivity index (χ4n) is 2.17. The summed E-state index contributed by atoms with van der Waals surface area (Å²) in [7, 11) is 0. The fourth-order valence-corrected chi connectivity index (χ4v) is 2.17. The molecule has 16 heavy (non-hydrogen) atoms. The van der Waals surface area contributed by atoms with Crippen LogP contribution in [0.3, 0.4) is 0 Å². The molecule has 1 aromatic heterocycles. The molecule has 0 saturated carbocycles. The number of nitrogens with one attached hydrogen (secondary N) is 1. The molecule has 1 saturated heterocycles. The molecule has 1 N–H and O–H groups in total. The van der Waals surface area contributed by atoms with Gasteiger partial charge >= 0.3 is 0 Å². The van der Waals surface area contributed by atoms with Crippen LogP contribution in [0, 0.1) is 5.92 Å². The Kier molecular flexibility index (Phi) is 3.49. The summed E-state index contributed by atoms with van der Waals surface area (Å²) in [6.07, 6.45) is 4.67. The number of alkyl halides is 2. The predicted molar refractivity (Wildman–Crippen MR) is 58.3 cm³/mol. The largest absolute Gasteiger partial charge is 0.316 e. The molecule has 88 valence electrons. The zero-order valence-corrected chi connectivity index (χ0v) is 9.13. The van der Waals surface area contributed by atoms with E-state index in [9.17, 15) is 8.78 Å². The van der Waals surface area contributed by atoms with Crippen LogP contribution in [0.2, 0.25) is 0 Å². The first-order valence-corrected chi connectivity index (χ1v) is 5.67. The summed E-state index contributed by atoms with van der Waals surface area (Å²) in [6.45, 7) is 1.66. The van der Waals surface area contributed by atoms with Gasteiger partial charge in [-0.15, -0.1) is 0 Å². The van der Waals surface area contributed by atoms with Gasteiger partial charge in [-0.2, -0.15) is 0 Å². The maximum absolute atomic E-state index is 13.9. The molecule has 0 amide bonds. The fraction of sp³-hybridized carbons (Fsp3) is 0.583. The van der Waals surface area contributed by atoms with Gasteiger partial charge in [-0.1, -0.05) is 0 Å². The Morgan fingerprint density at radius 3 is 2.75 bits per heavy atom. The van der Waals surface area contributed by atoms with E-state index in [0.717, 1.165) is 19.4 Å². The van der Waals surface area contributed by atoms with Crippen molar-refractivity contribution in [3.05, 3.63) is 30.1 Å². The van der Waals surface area contributed by atoms with E-state index in [0.29, 0.717) is 6.54 Å². The summed E-state index contributed by atoms with van der Waals surface area (Å²) in [4.78, 5) is 3.76. The summed E-state index contributed by atoms with van der Waals surface area (Å²) < 4.78 is 27.8. The molecule has 0 spiro atoms. The molecule has 1 aliphatic rings. The number of halogens is 2. The van der Waals surface area contributed by atoms with Gasteiger partial charge in [0.15, 0.2) is 0 Å². The number of piperidine rings is 1. The third-order valence-electron chi connectivity index (χ3n) is 3.05. The third-order valence-corrected chi connectivity index (χ3v) is 3.05. The van der Waals surface area contributed by atoms with E-state index in [4.69, 9.17) is 0 Å². The van der Waals surface area contributed by atoms with Crippen molar-refractivity contribution in [3.8, 4) is 0 Å². The third kappa shape index (κ3) is 2.76. The molecule has 0 radical (unpaired) electrons. The van der Waals surface area contributed by atoms with Gasteiger partial charge in [-0.3, -0.25) is 4.98 Å². The highest BCUT2D eigenvalue weighted by molar-refractivity contribution is 5.16. The summed E-state index contributed by atoms with van der Waals surface area (Å²) in [6, 6.07) is 2.80. The van der Waals surface area contributed by atoms with Gasteiger partial charge in [0.25, 0.3) is 5.92 Å². The van der Waals surface area contributed by atoms with Gasteiger partial charge in [-0.25, -0.2) is 8.78 Å². The monoisotopic (exact) mass is 226 g/mol. The average molecular weight is 226 g/mol. The van der Waals surface area contributed by atoms with Crippen molar-refractivity contribution in [1.29, 1.82) is 0 Å². The maximum atomic E-state index is 13.9. The number of hydrogen-bond donors (Lipinski definition) is 1. The number of aromatic nitrogens is 1. The molecule has 2 heterocycles. The van der Waals surface area contributed by atoms with Crippen LogP contribution in [-0.2, 0) is 5.92 Å². The molecule has 1 fully saturated rings. The molecule has 0 bridgehead atoms. The normalized spacial score (nSPS) is 22.0. The van der Waals surface area contributed by atoms with Crippen LogP contribution < -0.4 is 5.32 Å². The summed E-state index contributed by atoms with van der Waals surface area (Å²) in [5, 5.41) is 3.16. The predicted octanol–water partition coefficient (Wildman–Crippen LogP) is 2.56. The molecule has 2 rings (SSSR count). The molecule has 0 aliphatic carbocycles. The standard InChI is InChI=1S/C12H16F2N2/c13-12(14,11-3-6-15-7-4-11)8-10-2-1-5-16-9-10/h3-4,6-7,10,16H,1-2,5,8-9H2. The van der Waals surface area contributed by atoms with Crippen molar-refractivity contribution in [2.45, 2.75) is 25.2 Å². The molecular weight excluding hydrogens is 210 g/mol. The first kappa shape index (κ1) is 11.5. The lowest BCUT2D eigenvalue weighted by Crippen LogP contribution is -2.33. The smallest absolute Gasteiger partial charge is 0.273 e. The average Bonchev–Trinajstić information content (AvgIpc) is 2.31. The van der Waals surface area contributed by atoms with E-state index in [1.165, 1.54) is 24.5 Å². The molecule has 1 unspecified atom stereocenters. The van der Waals surface area contributed by atoms with Gasteiger partial charge in [0.05, 0.1) is 0 Å². The Hall–Kier alpha value is -1.03. The summed E-state index contributed by atoms with van der Waals surface area (Å²) in [5.41, 5.74) is 0.0769. The number of pyridine rings is 1. The Morgan fingerprint density at radius 2 is 2.12 bits per heavy atom. The van der Waals surface area contributed by atoms with Crippen LogP contribution >= 0.6 is 0 Å². The summed E-state index contributed by atoms with van der Waals surface area (Å²) >= 11 is 0. The lowest BCUT2D eigenvalue weighted by atomic mass is 9.90. The van der Waals surface area contributed by atoms with Gasteiger partial charge in [0.2, 0.25) is 0 Å². The minimum atomic E-state index is -2.73. The van der Waals surface area contributed by atoms with Crippen LogP contribution in [-0.4, -0.2) is 18.1 Å². The zero-order valence-electron chi connectivity index (χ0n) is 9.13. The minimum Gasteiger partial charge on any atom is -0.316 e. The molecule has 1 aromatic rings. The second-order valence-corrected chi connectivity index (χ2v) is 4.36. The SMILES string of the molecule is FC(F)(CC1CCCNC1)c1ccncc1. The first-order chi connectivity index (χ1) is 7.68. The van der Waals surface area contributed by atoms with Crippen LogP contribution in [0.1, 0.15) is 24.8 Å². The number of nitrogens with zero attached hydrogens (tertiary/aromatic N) is 1. The molecule has 0 aromatic carbocycles. The van der Waals surface area contributed by atoms with Crippen molar-refractivity contribution in [3.63, 3.8) is 0 Å². The Labute approximate surface area is 94.1 Å². The van der Waals surface area contributed by atoms with Crippen molar-refractivity contribution in [2.75, 3.05) is 13.1 Å². The number of hydrogen-bond acceptors (Lipinski definition) is 2. The molecular formula is C12H16F2N2. The van der Waals surface area contributed by atoms with Crippen molar-refractivity contribution in [1.82, 2.24) is 10.3 Å². The van der Waals surface area contributed by atoms with Gasteiger partial charge in [-0.05, 0) is 44.0 Å². The quantitative estimate of drug-likeness (QED) is 0.856. The highest BCUT2D eigenvalue weighted by Crippen LogP contribution is 2.35. The second-order valence-electron chi connectivity index (χ2n) is 4.36. The van der Waals surface area contributed by atoms with E-state index in [-0.39, 0.29) is 17.9 Å². The van der Waals surface area contributed by atoms with Gasteiger partial charge < -0.3 is 5.32 Å². The van der Waals surface area contributed by atoms with Crippen molar-refractivity contribution in [2.24, 2.45) is 5.92 Å². The topological polar surface area (TPSA) is 24.9 Å². The van der Waals surface area contributed by atoms with Crippen molar-refractivity contribution < 1.29 is 8.78 Å². The van der Waals surface area contributed by atoms with Crippen molar-refractivity contribution >= 4 is 0 Å². The molecule has 4 heteroatoms. The minimum absolute atomic E-state index is 0.0655. The number of rotatable bonds is 3. The Balaban J connectivity index is 2.01. The van der Waals surface area contributed by atoms with Gasteiger partial charge in [0.1, 0.15) is 0 Å². The van der Waals surface area contributed by atoms with E-state index in [1.807, 2.05) is 0 Å².